The quantitative estimate of drug-likeness (QED) is 0.727. The number of carbonyl (C=O) groups is 1. The Balaban J connectivity index is 2.52. The van der Waals surface area contributed by atoms with Gasteiger partial charge < -0.3 is 9.84 Å². The zero-order valence-corrected chi connectivity index (χ0v) is 8.02. The van der Waals surface area contributed by atoms with E-state index in [1.54, 1.807) is 11.8 Å². The van der Waals surface area contributed by atoms with Crippen molar-refractivity contribution in [1.29, 1.82) is 0 Å². The normalized spacial score (nSPS) is 29.1. The Labute approximate surface area is 76.5 Å². The molecule has 0 aliphatic carbocycles. The average molecular weight is 190 g/mol. The molecule has 0 amide bonds. The first-order valence-electron chi connectivity index (χ1n) is 4.12. The number of hydrogen-bond acceptors (Lipinski definition) is 3. The zero-order valence-electron chi connectivity index (χ0n) is 7.21. The maximum atomic E-state index is 10.5. The van der Waals surface area contributed by atoms with Gasteiger partial charge in [0.1, 0.15) is 0 Å². The first-order valence-corrected chi connectivity index (χ1v) is 5.27. The topological polar surface area (TPSA) is 46.5 Å². The van der Waals surface area contributed by atoms with Crippen LogP contribution in [0.25, 0.3) is 0 Å². The van der Waals surface area contributed by atoms with Crippen molar-refractivity contribution in [3.05, 3.63) is 0 Å². The Morgan fingerprint density at radius 2 is 2.50 bits per heavy atom. The van der Waals surface area contributed by atoms with E-state index in [1.165, 1.54) is 0 Å². The molecule has 1 fully saturated rings. The highest BCUT2D eigenvalue weighted by Gasteiger charge is 2.37. The third kappa shape index (κ3) is 2.38. The lowest BCUT2D eigenvalue weighted by atomic mass is 9.99. The van der Waals surface area contributed by atoms with Crippen LogP contribution >= 0.6 is 11.8 Å². The van der Waals surface area contributed by atoms with Gasteiger partial charge in [-0.05, 0) is 19.1 Å². The molecule has 3 nitrogen and oxygen atoms in total. The molecule has 0 saturated carbocycles. The van der Waals surface area contributed by atoms with Gasteiger partial charge in [-0.15, -0.1) is 0 Å². The summed E-state index contributed by atoms with van der Waals surface area (Å²) < 4.78 is 5.50. The molecule has 1 aliphatic rings. The van der Waals surface area contributed by atoms with E-state index >= 15 is 0 Å². The lowest BCUT2D eigenvalue weighted by Crippen LogP contribution is -2.35. The summed E-state index contributed by atoms with van der Waals surface area (Å²) in [7, 11) is 0. The highest BCUT2D eigenvalue weighted by Crippen LogP contribution is 2.34. The third-order valence-corrected chi connectivity index (χ3v) is 3.21. The van der Waals surface area contributed by atoms with Crippen LogP contribution < -0.4 is 0 Å². The smallest absolute Gasteiger partial charge is 0.306 e. The molecule has 70 valence electrons. The summed E-state index contributed by atoms with van der Waals surface area (Å²) in [4.78, 5) is 10.5. The standard InChI is InChI=1S/C8H14O3S/c1-2-11-8(5-7(9)10)3-4-12-6-8/h2-6H2,1H3,(H,9,10). The fraction of sp³-hybridized carbons (Fsp3) is 0.875. The van der Waals surface area contributed by atoms with Crippen LogP contribution in [-0.2, 0) is 9.53 Å². The molecule has 0 bridgehead atoms. The molecular weight excluding hydrogens is 176 g/mol. The Kier molecular flexibility index (Phi) is 3.40. The fourth-order valence-electron chi connectivity index (χ4n) is 1.47. The van der Waals surface area contributed by atoms with Crippen molar-refractivity contribution >= 4 is 17.7 Å². The van der Waals surface area contributed by atoms with Crippen molar-refractivity contribution in [2.24, 2.45) is 0 Å². The summed E-state index contributed by atoms with van der Waals surface area (Å²) in [6, 6.07) is 0. The molecule has 1 aliphatic heterocycles. The van der Waals surface area contributed by atoms with E-state index in [4.69, 9.17) is 9.84 Å². The van der Waals surface area contributed by atoms with Crippen molar-refractivity contribution in [3.63, 3.8) is 0 Å². The predicted molar refractivity (Wildman–Crippen MR) is 48.6 cm³/mol. The van der Waals surface area contributed by atoms with E-state index in [1.807, 2.05) is 6.92 Å². The summed E-state index contributed by atoms with van der Waals surface area (Å²) >= 11 is 1.77. The molecule has 1 saturated heterocycles. The summed E-state index contributed by atoms with van der Waals surface area (Å²) in [6.07, 6.45) is 1.02. The summed E-state index contributed by atoms with van der Waals surface area (Å²) in [5.74, 6) is 1.09. The number of carboxylic acids is 1. The molecule has 0 aromatic rings. The van der Waals surface area contributed by atoms with Gasteiger partial charge in [-0.3, -0.25) is 4.79 Å². The Morgan fingerprint density at radius 1 is 1.75 bits per heavy atom. The van der Waals surface area contributed by atoms with Crippen molar-refractivity contribution in [2.75, 3.05) is 18.1 Å². The molecule has 4 heteroatoms. The molecule has 0 aromatic carbocycles. The number of carboxylic acid groups (broad SMARTS) is 1. The Morgan fingerprint density at radius 3 is 2.92 bits per heavy atom. The second kappa shape index (κ2) is 4.14. The molecular formula is C8H14O3S. The molecule has 1 rings (SSSR count). The van der Waals surface area contributed by atoms with Crippen LogP contribution in [0.5, 0.6) is 0 Å². The fourth-order valence-corrected chi connectivity index (χ4v) is 2.84. The minimum atomic E-state index is -0.758. The number of hydrogen-bond donors (Lipinski definition) is 1. The van der Waals surface area contributed by atoms with E-state index in [9.17, 15) is 4.79 Å². The van der Waals surface area contributed by atoms with Gasteiger partial charge in [0.2, 0.25) is 0 Å². The van der Waals surface area contributed by atoms with E-state index in [0.717, 1.165) is 17.9 Å². The molecule has 0 aromatic heterocycles. The molecule has 1 N–H and O–H groups in total. The summed E-state index contributed by atoms with van der Waals surface area (Å²) in [5.41, 5.74) is -0.370. The first-order chi connectivity index (χ1) is 5.68. The van der Waals surface area contributed by atoms with E-state index in [2.05, 4.69) is 0 Å². The van der Waals surface area contributed by atoms with E-state index in [0.29, 0.717) is 6.61 Å². The van der Waals surface area contributed by atoms with Crippen LogP contribution in [0.4, 0.5) is 0 Å². The van der Waals surface area contributed by atoms with E-state index < -0.39 is 5.97 Å². The highest BCUT2D eigenvalue weighted by molar-refractivity contribution is 7.99. The highest BCUT2D eigenvalue weighted by atomic mass is 32.2. The van der Waals surface area contributed by atoms with Gasteiger partial charge >= 0.3 is 5.97 Å². The molecule has 1 atom stereocenters. The second-order valence-corrected chi connectivity index (χ2v) is 4.09. The van der Waals surface area contributed by atoms with Crippen LogP contribution in [0.15, 0.2) is 0 Å². The molecule has 12 heavy (non-hydrogen) atoms. The second-order valence-electron chi connectivity index (χ2n) is 2.99. The lowest BCUT2D eigenvalue weighted by Gasteiger charge is -2.25. The number of rotatable bonds is 4. The van der Waals surface area contributed by atoms with Crippen LogP contribution in [-0.4, -0.2) is 34.8 Å². The van der Waals surface area contributed by atoms with Gasteiger partial charge in [0, 0.05) is 12.4 Å². The van der Waals surface area contributed by atoms with Crippen molar-refractivity contribution < 1.29 is 14.6 Å². The molecule has 0 radical (unpaired) electrons. The molecule has 1 heterocycles. The number of thioether (sulfide) groups is 1. The van der Waals surface area contributed by atoms with Crippen molar-refractivity contribution in [3.8, 4) is 0 Å². The third-order valence-electron chi connectivity index (χ3n) is 1.99. The average Bonchev–Trinajstić information content (AvgIpc) is 2.36. The number of ether oxygens (including phenoxy) is 1. The van der Waals surface area contributed by atoms with Crippen molar-refractivity contribution in [1.82, 2.24) is 0 Å². The maximum Gasteiger partial charge on any atom is 0.306 e. The van der Waals surface area contributed by atoms with E-state index in [-0.39, 0.29) is 12.0 Å². The molecule has 0 spiro atoms. The minimum Gasteiger partial charge on any atom is -0.481 e. The summed E-state index contributed by atoms with van der Waals surface area (Å²) in [6.45, 7) is 2.51. The van der Waals surface area contributed by atoms with Crippen LogP contribution in [0.2, 0.25) is 0 Å². The van der Waals surface area contributed by atoms with Crippen molar-refractivity contribution in [2.45, 2.75) is 25.4 Å². The monoisotopic (exact) mass is 190 g/mol. The minimum absolute atomic E-state index is 0.147. The van der Waals surface area contributed by atoms with Gasteiger partial charge in [0.25, 0.3) is 0 Å². The van der Waals surface area contributed by atoms with Crippen LogP contribution in [0, 0.1) is 0 Å². The van der Waals surface area contributed by atoms with Gasteiger partial charge in [0.05, 0.1) is 12.0 Å². The van der Waals surface area contributed by atoms with Crippen LogP contribution in [0.3, 0.4) is 0 Å². The van der Waals surface area contributed by atoms with Gasteiger partial charge in [-0.1, -0.05) is 0 Å². The lowest BCUT2D eigenvalue weighted by molar-refractivity contribution is -0.144. The SMILES string of the molecule is CCOC1(CC(=O)O)CCSC1. The van der Waals surface area contributed by atoms with Gasteiger partial charge in [-0.25, -0.2) is 0 Å². The molecule has 1 unspecified atom stereocenters. The Hall–Kier alpha value is -0.220. The number of aliphatic carboxylic acids is 1. The zero-order chi connectivity index (χ0) is 9.03. The van der Waals surface area contributed by atoms with Gasteiger partial charge in [-0.2, -0.15) is 11.8 Å². The first kappa shape index (κ1) is 9.86. The largest absolute Gasteiger partial charge is 0.481 e. The van der Waals surface area contributed by atoms with Crippen LogP contribution in [0.1, 0.15) is 19.8 Å². The Bertz CT molecular complexity index is 164. The maximum absolute atomic E-state index is 10.5. The van der Waals surface area contributed by atoms with Gasteiger partial charge in [0.15, 0.2) is 0 Å². The summed E-state index contributed by atoms with van der Waals surface area (Å²) in [5, 5.41) is 8.68. The predicted octanol–water partition coefficient (Wildman–Crippen LogP) is 1.37.